The topological polar surface area (TPSA) is 216 Å². The van der Waals surface area contributed by atoms with Crippen LogP contribution in [-0.2, 0) is 28.8 Å². The normalized spacial score (nSPS) is 18.1. The van der Waals surface area contributed by atoms with E-state index in [1.165, 1.54) is 16.7 Å². The number of carbonyl (C=O) groups excluding carboxylic acids is 3. The first-order valence-corrected chi connectivity index (χ1v) is 11.7. The summed E-state index contributed by atoms with van der Waals surface area (Å²) in [5.74, 6) is -5.55. The summed E-state index contributed by atoms with van der Waals surface area (Å²) in [6.45, 7) is 0.153. The molecule has 0 aromatic carbocycles. The van der Waals surface area contributed by atoms with Crippen molar-refractivity contribution in [2.45, 2.75) is 62.7 Å². The molecule has 0 spiro atoms. The van der Waals surface area contributed by atoms with E-state index < -0.39 is 72.6 Å². The highest BCUT2D eigenvalue weighted by Gasteiger charge is 2.39. The number of hydrogen-bond donors (Lipinski definition) is 6. The molecule has 1 fully saturated rings. The van der Waals surface area contributed by atoms with Crippen molar-refractivity contribution in [2.75, 3.05) is 18.6 Å². The lowest BCUT2D eigenvalue weighted by Crippen LogP contribution is -2.57. The molecule has 13 nitrogen and oxygen atoms in total. The van der Waals surface area contributed by atoms with E-state index >= 15 is 0 Å². The zero-order valence-electron chi connectivity index (χ0n) is 18.2. The first-order chi connectivity index (χ1) is 15.5. The molecule has 4 atom stereocenters. The summed E-state index contributed by atoms with van der Waals surface area (Å²) in [6, 6.07) is -4.90. The van der Waals surface area contributed by atoms with Gasteiger partial charge >= 0.3 is 17.9 Å². The molecule has 1 heterocycles. The fraction of sp³-hybridized carbons (Fsp3) is 0.684. The van der Waals surface area contributed by atoms with Crippen LogP contribution >= 0.6 is 11.8 Å². The molecule has 1 aliphatic heterocycles. The average Bonchev–Trinajstić information content (AvgIpc) is 3.22. The summed E-state index contributed by atoms with van der Waals surface area (Å²) in [6.07, 6.45) is 1.26. The molecule has 1 saturated heterocycles. The van der Waals surface area contributed by atoms with Gasteiger partial charge in [0.1, 0.15) is 18.1 Å². The van der Waals surface area contributed by atoms with Gasteiger partial charge in [-0.2, -0.15) is 11.8 Å². The molecule has 0 aromatic rings. The zero-order valence-corrected chi connectivity index (χ0v) is 19.0. The Kier molecular flexibility index (Phi) is 11.6. The molecule has 0 saturated carbocycles. The van der Waals surface area contributed by atoms with Gasteiger partial charge in [-0.1, -0.05) is 0 Å². The van der Waals surface area contributed by atoms with Gasteiger partial charge in [-0.05, 0) is 37.7 Å². The van der Waals surface area contributed by atoms with Crippen molar-refractivity contribution in [1.29, 1.82) is 0 Å². The van der Waals surface area contributed by atoms with Gasteiger partial charge in [-0.3, -0.25) is 24.0 Å². The van der Waals surface area contributed by atoms with E-state index in [-0.39, 0.29) is 25.8 Å². The molecule has 0 aliphatic carbocycles. The highest BCUT2D eigenvalue weighted by atomic mass is 32.2. The molecule has 4 unspecified atom stereocenters. The fourth-order valence-corrected chi connectivity index (χ4v) is 3.82. The second kappa shape index (κ2) is 13.6. The molecule has 0 aromatic heterocycles. The van der Waals surface area contributed by atoms with Crippen molar-refractivity contribution in [1.82, 2.24) is 15.5 Å². The Morgan fingerprint density at radius 3 is 2.24 bits per heavy atom. The Morgan fingerprint density at radius 1 is 1.03 bits per heavy atom. The van der Waals surface area contributed by atoms with Crippen LogP contribution in [0.2, 0.25) is 0 Å². The third kappa shape index (κ3) is 9.26. The number of aliphatic carboxylic acids is 3. The van der Waals surface area contributed by atoms with Gasteiger partial charge < -0.3 is 36.6 Å². The standard InChI is InChI=1S/C19H30N4O9S/c1-33-8-6-12(19(31)32)22-17(29)13-3-2-7-23(13)18(30)11(4-5-14(24)25)21-16(28)10(20)9-15(26)27/h10-13H,2-9,20H2,1H3,(H,21,28)(H,22,29)(H,24,25)(H,26,27)(H,31,32). The maximum atomic E-state index is 13.1. The van der Waals surface area contributed by atoms with Crippen LogP contribution in [0, 0.1) is 0 Å². The first-order valence-electron chi connectivity index (χ1n) is 10.3. The van der Waals surface area contributed by atoms with Gasteiger partial charge in [0.15, 0.2) is 0 Å². The average molecular weight is 491 g/mol. The summed E-state index contributed by atoms with van der Waals surface area (Å²) < 4.78 is 0. The van der Waals surface area contributed by atoms with Crippen molar-refractivity contribution >= 4 is 47.4 Å². The van der Waals surface area contributed by atoms with Gasteiger partial charge in [0.25, 0.3) is 0 Å². The van der Waals surface area contributed by atoms with Gasteiger partial charge in [-0.15, -0.1) is 0 Å². The van der Waals surface area contributed by atoms with Crippen LogP contribution in [0.1, 0.15) is 38.5 Å². The number of thioether (sulfide) groups is 1. The maximum Gasteiger partial charge on any atom is 0.326 e. The minimum Gasteiger partial charge on any atom is -0.481 e. The van der Waals surface area contributed by atoms with Crippen LogP contribution < -0.4 is 16.4 Å². The van der Waals surface area contributed by atoms with Gasteiger partial charge in [0, 0.05) is 13.0 Å². The summed E-state index contributed by atoms with van der Waals surface area (Å²) in [7, 11) is 0. The predicted molar refractivity (Wildman–Crippen MR) is 116 cm³/mol. The minimum atomic E-state index is -1.45. The Hall–Kier alpha value is -2.87. The predicted octanol–water partition coefficient (Wildman–Crippen LogP) is -1.55. The SMILES string of the molecule is CSCCC(NC(=O)C1CCCN1C(=O)C(CCC(=O)O)NC(=O)C(N)CC(=O)O)C(=O)O. The fourth-order valence-electron chi connectivity index (χ4n) is 3.35. The molecule has 0 bridgehead atoms. The minimum absolute atomic E-state index is 0.153. The van der Waals surface area contributed by atoms with E-state index in [0.717, 1.165) is 0 Å². The number of amides is 3. The Morgan fingerprint density at radius 2 is 1.70 bits per heavy atom. The summed E-state index contributed by atoms with van der Waals surface area (Å²) in [4.78, 5) is 72.4. The number of likely N-dealkylation sites (tertiary alicyclic amines) is 1. The second-order valence-corrected chi connectivity index (χ2v) is 8.55. The third-order valence-electron chi connectivity index (χ3n) is 5.06. The number of hydrogen-bond acceptors (Lipinski definition) is 8. The van der Waals surface area contributed by atoms with E-state index in [4.69, 9.17) is 15.9 Å². The number of nitrogens with two attached hydrogens (primary N) is 1. The zero-order chi connectivity index (χ0) is 25.1. The monoisotopic (exact) mass is 490 g/mol. The molecule has 1 rings (SSSR count). The quantitative estimate of drug-likeness (QED) is 0.164. The summed E-state index contributed by atoms with van der Waals surface area (Å²) in [5.41, 5.74) is 5.52. The first kappa shape index (κ1) is 28.2. The second-order valence-electron chi connectivity index (χ2n) is 7.57. The molecule has 7 N–H and O–H groups in total. The highest BCUT2D eigenvalue weighted by molar-refractivity contribution is 7.98. The number of rotatable bonds is 14. The molecular formula is C19H30N4O9S. The number of nitrogens with zero attached hydrogens (tertiary/aromatic N) is 1. The van der Waals surface area contributed by atoms with E-state index in [2.05, 4.69) is 10.6 Å². The number of carboxylic acids is 3. The number of carbonyl (C=O) groups is 6. The van der Waals surface area contributed by atoms with Crippen LogP contribution in [0.15, 0.2) is 0 Å². The lowest BCUT2D eigenvalue weighted by Gasteiger charge is -2.29. The van der Waals surface area contributed by atoms with Crippen molar-refractivity contribution < 1.29 is 44.1 Å². The van der Waals surface area contributed by atoms with E-state index in [1.807, 2.05) is 0 Å². The Balaban J connectivity index is 2.96. The lowest BCUT2D eigenvalue weighted by atomic mass is 10.1. The van der Waals surface area contributed by atoms with Gasteiger partial charge in [0.05, 0.1) is 12.5 Å². The summed E-state index contributed by atoms with van der Waals surface area (Å²) in [5, 5.41) is 31.8. The molecule has 0 radical (unpaired) electrons. The smallest absolute Gasteiger partial charge is 0.326 e. The van der Waals surface area contributed by atoms with Crippen LogP contribution in [-0.4, -0.2) is 98.6 Å². The molecule has 14 heteroatoms. The van der Waals surface area contributed by atoms with Crippen molar-refractivity contribution in [3.63, 3.8) is 0 Å². The van der Waals surface area contributed by atoms with Crippen molar-refractivity contribution in [3.8, 4) is 0 Å². The van der Waals surface area contributed by atoms with Crippen molar-refractivity contribution in [3.05, 3.63) is 0 Å². The molecule has 186 valence electrons. The third-order valence-corrected chi connectivity index (χ3v) is 5.70. The molecule has 1 aliphatic rings. The lowest BCUT2D eigenvalue weighted by molar-refractivity contribution is -0.145. The molecular weight excluding hydrogens is 460 g/mol. The van der Waals surface area contributed by atoms with E-state index in [1.54, 1.807) is 6.26 Å². The molecule has 3 amide bonds. The van der Waals surface area contributed by atoms with Crippen LogP contribution in [0.4, 0.5) is 0 Å². The van der Waals surface area contributed by atoms with Crippen LogP contribution in [0.5, 0.6) is 0 Å². The Bertz CT molecular complexity index is 764. The van der Waals surface area contributed by atoms with Crippen LogP contribution in [0.25, 0.3) is 0 Å². The molecule has 33 heavy (non-hydrogen) atoms. The van der Waals surface area contributed by atoms with E-state index in [0.29, 0.717) is 12.2 Å². The maximum absolute atomic E-state index is 13.1. The number of nitrogens with one attached hydrogen (secondary N) is 2. The summed E-state index contributed by atoms with van der Waals surface area (Å²) >= 11 is 1.42. The van der Waals surface area contributed by atoms with Crippen LogP contribution in [0.3, 0.4) is 0 Å². The van der Waals surface area contributed by atoms with E-state index in [9.17, 15) is 33.9 Å². The Labute approximate surface area is 194 Å². The largest absolute Gasteiger partial charge is 0.481 e. The van der Waals surface area contributed by atoms with Gasteiger partial charge in [-0.25, -0.2) is 4.79 Å². The van der Waals surface area contributed by atoms with Crippen molar-refractivity contribution in [2.24, 2.45) is 5.73 Å². The highest BCUT2D eigenvalue weighted by Crippen LogP contribution is 2.20. The van der Waals surface area contributed by atoms with Gasteiger partial charge in [0.2, 0.25) is 17.7 Å². The number of carboxylic acid groups (broad SMARTS) is 3.